The number of rotatable bonds is 6. The van der Waals surface area contributed by atoms with E-state index in [1.807, 2.05) is 24.4 Å². The monoisotopic (exact) mass is 272 g/mol. The van der Waals surface area contributed by atoms with Crippen LogP contribution in [0, 0.1) is 12.7 Å². The molecule has 1 aromatic heterocycles. The molecule has 0 aliphatic carbocycles. The van der Waals surface area contributed by atoms with E-state index in [-0.39, 0.29) is 11.9 Å². The number of hydrogen-bond acceptors (Lipinski definition) is 2. The highest BCUT2D eigenvalue weighted by Gasteiger charge is 2.15. The van der Waals surface area contributed by atoms with Gasteiger partial charge < -0.3 is 5.32 Å². The number of nitrogens with zero attached hydrogens (tertiary/aromatic N) is 1. The van der Waals surface area contributed by atoms with Crippen molar-refractivity contribution in [2.24, 2.45) is 0 Å². The predicted molar refractivity (Wildman–Crippen MR) is 80.1 cm³/mol. The highest BCUT2D eigenvalue weighted by Crippen LogP contribution is 2.22. The van der Waals surface area contributed by atoms with Crippen LogP contribution in [0.3, 0.4) is 0 Å². The average molecular weight is 272 g/mol. The molecule has 0 aliphatic rings. The van der Waals surface area contributed by atoms with Gasteiger partial charge in [-0.3, -0.25) is 4.98 Å². The number of halogens is 1. The predicted octanol–water partition coefficient (Wildman–Crippen LogP) is 3.81. The molecular formula is C17H21FN2. The quantitative estimate of drug-likeness (QED) is 0.865. The zero-order valence-corrected chi connectivity index (χ0v) is 12.1. The Morgan fingerprint density at radius 3 is 2.75 bits per heavy atom. The van der Waals surface area contributed by atoms with Crippen LogP contribution in [0.25, 0.3) is 0 Å². The molecule has 1 aromatic carbocycles. The fourth-order valence-electron chi connectivity index (χ4n) is 2.34. The summed E-state index contributed by atoms with van der Waals surface area (Å²) in [4.78, 5) is 4.20. The molecule has 106 valence electrons. The molecule has 3 heteroatoms. The van der Waals surface area contributed by atoms with Crippen molar-refractivity contribution in [3.8, 4) is 0 Å². The molecule has 0 bridgehead atoms. The van der Waals surface area contributed by atoms with Crippen LogP contribution in [0.15, 0.2) is 42.7 Å². The van der Waals surface area contributed by atoms with Gasteiger partial charge in [0.1, 0.15) is 5.82 Å². The summed E-state index contributed by atoms with van der Waals surface area (Å²) in [6.45, 7) is 5.11. The van der Waals surface area contributed by atoms with E-state index in [9.17, 15) is 4.39 Å². The first-order valence-electron chi connectivity index (χ1n) is 7.09. The van der Waals surface area contributed by atoms with Crippen molar-refractivity contribution < 1.29 is 4.39 Å². The van der Waals surface area contributed by atoms with Gasteiger partial charge >= 0.3 is 0 Å². The zero-order chi connectivity index (χ0) is 14.4. The highest BCUT2D eigenvalue weighted by atomic mass is 19.1. The molecule has 1 unspecified atom stereocenters. The summed E-state index contributed by atoms with van der Waals surface area (Å²) < 4.78 is 13.8. The molecular weight excluding hydrogens is 251 g/mol. The summed E-state index contributed by atoms with van der Waals surface area (Å²) in [5.41, 5.74) is 3.07. The summed E-state index contributed by atoms with van der Waals surface area (Å²) in [6.07, 6.45) is 5.36. The van der Waals surface area contributed by atoms with Gasteiger partial charge in [-0.2, -0.15) is 0 Å². The van der Waals surface area contributed by atoms with Gasteiger partial charge in [-0.25, -0.2) is 4.39 Å². The molecule has 2 nitrogen and oxygen atoms in total. The Labute approximate surface area is 120 Å². The van der Waals surface area contributed by atoms with Gasteiger partial charge in [-0.15, -0.1) is 0 Å². The Hall–Kier alpha value is -1.74. The van der Waals surface area contributed by atoms with Crippen molar-refractivity contribution in [3.63, 3.8) is 0 Å². The van der Waals surface area contributed by atoms with Gasteiger partial charge in [0, 0.05) is 18.4 Å². The largest absolute Gasteiger partial charge is 0.310 e. The molecule has 0 radical (unpaired) electrons. The van der Waals surface area contributed by atoms with Crippen molar-refractivity contribution in [3.05, 3.63) is 65.2 Å². The minimum Gasteiger partial charge on any atom is -0.310 e. The Bertz CT molecular complexity index is 554. The van der Waals surface area contributed by atoms with Crippen LogP contribution in [0.1, 0.15) is 36.1 Å². The van der Waals surface area contributed by atoms with Crippen LogP contribution in [0.5, 0.6) is 0 Å². The number of hydrogen-bond donors (Lipinski definition) is 1. The molecule has 0 spiro atoms. The van der Waals surface area contributed by atoms with Crippen molar-refractivity contribution in [1.29, 1.82) is 0 Å². The maximum Gasteiger partial charge on any atom is 0.126 e. The number of aromatic nitrogens is 1. The fraction of sp³-hybridized carbons (Fsp3) is 0.353. The van der Waals surface area contributed by atoms with Crippen molar-refractivity contribution in [2.45, 2.75) is 32.7 Å². The molecule has 1 atom stereocenters. The van der Waals surface area contributed by atoms with Crippen LogP contribution in [-0.4, -0.2) is 11.5 Å². The lowest BCUT2D eigenvalue weighted by Crippen LogP contribution is -2.25. The van der Waals surface area contributed by atoms with E-state index < -0.39 is 0 Å². The first kappa shape index (κ1) is 14.7. The van der Waals surface area contributed by atoms with E-state index >= 15 is 0 Å². The molecule has 0 amide bonds. The lowest BCUT2D eigenvalue weighted by molar-refractivity contribution is 0.510. The van der Waals surface area contributed by atoms with E-state index in [0.29, 0.717) is 6.42 Å². The first-order chi connectivity index (χ1) is 9.72. The summed E-state index contributed by atoms with van der Waals surface area (Å²) in [7, 11) is 0. The summed E-state index contributed by atoms with van der Waals surface area (Å²) in [6, 6.07) is 9.07. The number of aryl methyl sites for hydroxylation is 1. The van der Waals surface area contributed by atoms with E-state index in [0.717, 1.165) is 24.1 Å². The molecule has 1 N–H and O–H groups in total. The third-order valence-electron chi connectivity index (χ3n) is 3.48. The van der Waals surface area contributed by atoms with Gasteiger partial charge in [-0.05, 0) is 55.1 Å². The standard InChI is InChI=1S/C17H21FN2/c1-3-9-20-17(15-12-19-10-8-13(15)2)11-14-6-4-5-7-16(14)18/h4-8,10,12,17,20H,3,9,11H2,1-2H3. The molecule has 2 aromatic rings. The second-order valence-corrected chi connectivity index (χ2v) is 5.03. The zero-order valence-electron chi connectivity index (χ0n) is 12.1. The summed E-state index contributed by atoms with van der Waals surface area (Å²) >= 11 is 0. The number of pyridine rings is 1. The Kier molecular flexibility index (Phi) is 5.24. The smallest absolute Gasteiger partial charge is 0.126 e. The lowest BCUT2D eigenvalue weighted by Gasteiger charge is -2.21. The Morgan fingerprint density at radius 2 is 2.05 bits per heavy atom. The lowest BCUT2D eigenvalue weighted by atomic mass is 9.96. The second-order valence-electron chi connectivity index (χ2n) is 5.03. The second kappa shape index (κ2) is 7.15. The summed E-state index contributed by atoms with van der Waals surface area (Å²) in [5.74, 6) is -0.141. The maximum absolute atomic E-state index is 13.8. The van der Waals surface area contributed by atoms with Gasteiger partial charge in [-0.1, -0.05) is 25.1 Å². The molecule has 1 heterocycles. The van der Waals surface area contributed by atoms with Crippen LogP contribution in [0.2, 0.25) is 0 Å². The van der Waals surface area contributed by atoms with Gasteiger partial charge in [0.25, 0.3) is 0 Å². The van der Waals surface area contributed by atoms with Gasteiger partial charge in [0.05, 0.1) is 0 Å². The number of benzene rings is 1. The minimum atomic E-state index is -0.141. The number of nitrogens with one attached hydrogen (secondary N) is 1. The molecule has 0 saturated heterocycles. The fourth-order valence-corrected chi connectivity index (χ4v) is 2.34. The van der Waals surface area contributed by atoms with Crippen molar-refractivity contribution in [1.82, 2.24) is 10.3 Å². The Balaban J connectivity index is 2.24. The molecule has 20 heavy (non-hydrogen) atoms. The molecule has 0 saturated carbocycles. The molecule has 2 rings (SSSR count). The van der Waals surface area contributed by atoms with Crippen LogP contribution in [0.4, 0.5) is 4.39 Å². The topological polar surface area (TPSA) is 24.9 Å². The molecule has 0 aliphatic heterocycles. The van der Waals surface area contributed by atoms with Crippen LogP contribution >= 0.6 is 0 Å². The average Bonchev–Trinajstić information content (AvgIpc) is 2.46. The SMILES string of the molecule is CCCNC(Cc1ccccc1F)c1cnccc1C. The first-order valence-corrected chi connectivity index (χ1v) is 7.09. The van der Waals surface area contributed by atoms with E-state index in [4.69, 9.17) is 0 Å². The molecule has 0 fully saturated rings. The highest BCUT2D eigenvalue weighted by molar-refractivity contribution is 5.28. The van der Waals surface area contributed by atoms with Crippen LogP contribution < -0.4 is 5.32 Å². The van der Waals surface area contributed by atoms with Gasteiger partial charge in [0.15, 0.2) is 0 Å². The van der Waals surface area contributed by atoms with Crippen molar-refractivity contribution in [2.75, 3.05) is 6.54 Å². The Morgan fingerprint density at radius 1 is 1.25 bits per heavy atom. The van der Waals surface area contributed by atoms with E-state index in [1.165, 1.54) is 11.6 Å². The summed E-state index contributed by atoms with van der Waals surface area (Å²) in [5, 5.41) is 3.50. The minimum absolute atomic E-state index is 0.0977. The maximum atomic E-state index is 13.8. The van der Waals surface area contributed by atoms with Crippen LogP contribution in [-0.2, 0) is 6.42 Å². The third-order valence-corrected chi connectivity index (χ3v) is 3.48. The van der Waals surface area contributed by atoms with E-state index in [2.05, 4.69) is 24.1 Å². The normalized spacial score (nSPS) is 12.3. The van der Waals surface area contributed by atoms with Gasteiger partial charge in [0.2, 0.25) is 0 Å². The van der Waals surface area contributed by atoms with E-state index in [1.54, 1.807) is 12.3 Å². The third kappa shape index (κ3) is 3.64. The van der Waals surface area contributed by atoms with Crippen molar-refractivity contribution >= 4 is 0 Å².